The van der Waals surface area contributed by atoms with Crippen LogP contribution in [0.2, 0.25) is 0 Å². The second-order valence-corrected chi connectivity index (χ2v) is 6.77. The van der Waals surface area contributed by atoms with Crippen LogP contribution in [0.1, 0.15) is 29.4 Å². The third-order valence-electron chi connectivity index (χ3n) is 4.77. The van der Waals surface area contributed by atoms with Crippen molar-refractivity contribution in [2.45, 2.75) is 20.3 Å². The molecule has 0 aliphatic carbocycles. The van der Waals surface area contributed by atoms with Gasteiger partial charge in [-0.2, -0.15) is 5.26 Å². The molecule has 0 fully saturated rings. The molecule has 4 aromatic rings. The highest BCUT2D eigenvalue weighted by Gasteiger charge is 2.25. The summed E-state index contributed by atoms with van der Waals surface area (Å²) in [7, 11) is 0. The molecule has 0 unspecified atom stereocenters. The fourth-order valence-electron chi connectivity index (χ4n) is 3.36. The molecular weight excluding hydrogens is 396 g/mol. The van der Waals surface area contributed by atoms with Gasteiger partial charge in [-0.15, -0.1) is 0 Å². The van der Waals surface area contributed by atoms with Gasteiger partial charge in [-0.3, -0.25) is 4.79 Å². The minimum atomic E-state index is -0.286. The molecule has 3 heterocycles. The molecule has 3 aromatic heterocycles. The summed E-state index contributed by atoms with van der Waals surface area (Å²) in [5.74, 6) is 0.931. The van der Waals surface area contributed by atoms with E-state index in [9.17, 15) is 4.79 Å². The number of benzene rings is 1. The summed E-state index contributed by atoms with van der Waals surface area (Å²) in [5.41, 5.74) is 2.30. The Morgan fingerprint density at radius 2 is 2.06 bits per heavy atom. The van der Waals surface area contributed by atoms with Crippen molar-refractivity contribution in [3.05, 3.63) is 60.0 Å². The molecule has 1 amide bonds. The van der Waals surface area contributed by atoms with Gasteiger partial charge in [0.1, 0.15) is 11.4 Å². The number of amides is 1. The van der Waals surface area contributed by atoms with E-state index in [-0.39, 0.29) is 24.6 Å². The lowest BCUT2D eigenvalue weighted by Gasteiger charge is -2.22. The molecule has 0 atom stereocenters. The lowest BCUT2D eigenvalue weighted by Crippen LogP contribution is -2.32. The van der Waals surface area contributed by atoms with E-state index >= 15 is 0 Å². The molecule has 31 heavy (non-hydrogen) atoms. The first-order valence-electron chi connectivity index (χ1n) is 9.85. The Morgan fingerprint density at radius 3 is 2.74 bits per heavy atom. The van der Waals surface area contributed by atoms with E-state index in [0.29, 0.717) is 46.1 Å². The van der Waals surface area contributed by atoms with E-state index in [1.165, 1.54) is 6.26 Å². The van der Waals surface area contributed by atoms with Gasteiger partial charge in [0.15, 0.2) is 5.76 Å². The zero-order chi connectivity index (χ0) is 21.8. The monoisotopic (exact) mass is 416 g/mol. The maximum Gasteiger partial charge on any atom is 0.259 e. The molecule has 8 heteroatoms. The first-order valence-corrected chi connectivity index (χ1v) is 9.85. The lowest BCUT2D eigenvalue weighted by molar-refractivity contribution is 0.0989. The number of hydrogen-bond donors (Lipinski definition) is 0. The fourth-order valence-corrected chi connectivity index (χ4v) is 3.36. The molecule has 0 saturated heterocycles. The van der Waals surface area contributed by atoms with Gasteiger partial charge in [0.2, 0.25) is 0 Å². The fraction of sp³-hybridized carbons (Fsp3) is 0.217. The maximum atomic E-state index is 13.7. The van der Waals surface area contributed by atoms with Crippen LogP contribution in [0.5, 0.6) is 5.75 Å². The highest BCUT2D eigenvalue weighted by molar-refractivity contribution is 6.14. The van der Waals surface area contributed by atoms with Crippen LogP contribution in [0.15, 0.2) is 57.7 Å². The van der Waals surface area contributed by atoms with E-state index in [1.807, 2.05) is 6.92 Å². The molecule has 0 radical (unpaired) electrons. The number of aryl methyl sites for hydroxylation is 1. The first-order chi connectivity index (χ1) is 15.1. The van der Waals surface area contributed by atoms with Gasteiger partial charge >= 0.3 is 0 Å². The van der Waals surface area contributed by atoms with Crippen LogP contribution in [0, 0.1) is 18.3 Å². The lowest BCUT2D eigenvalue weighted by atomic mass is 10.1. The molecule has 0 N–H and O–H groups in total. The average Bonchev–Trinajstić information content (AvgIpc) is 3.45. The third kappa shape index (κ3) is 3.98. The van der Waals surface area contributed by atoms with Crippen LogP contribution in [0.4, 0.5) is 5.69 Å². The summed E-state index contributed by atoms with van der Waals surface area (Å²) in [6.07, 6.45) is 1.72. The Labute approximate surface area is 178 Å². The van der Waals surface area contributed by atoms with Crippen LogP contribution < -0.4 is 9.64 Å². The van der Waals surface area contributed by atoms with E-state index in [0.717, 1.165) is 0 Å². The first kappa shape index (κ1) is 20.2. The van der Waals surface area contributed by atoms with Gasteiger partial charge in [-0.1, -0.05) is 5.16 Å². The minimum Gasteiger partial charge on any atom is -0.494 e. The van der Waals surface area contributed by atoms with Crippen molar-refractivity contribution in [3.63, 3.8) is 0 Å². The standard InChI is InChI=1S/C23H20N4O4/c1-3-29-17-9-7-16(8-10-17)27(12-5-11-24)23(28)18-14-19(20-6-4-13-30-20)25-22-21(18)15(2)26-31-22/h4,6-10,13-14H,3,5,12H2,1-2H3. The van der Waals surface area contributed by atoms with Crippen LogP contribution >= 0.6 is 0 Å². The van der Waals surface area contributed by atoms with Crippen molar-refractivity contribution in [2.75, 3.05) is 18.1 Å². The van der Waals surface area contributed by atoms with Gasteiger partial charge in [-0.25, -0.2) is 4.98 Å². The van der Waals surface area contributed by atoms with Crippen molar-refractivity contribution in [1.29, 1.82) is 5.26 Å². The number of anilines is 1. The molecular formula is C23H20N4O4. The number of hydrogen-bond acceptors (Lipinski definition) is 7. The Morgan fingerprint density at radius 1 is 1.26 bits per heavy atom. The summed E-state index contributed by atoms with van der Waals surface area (Å²) in [6, 6.07) is 14.5. The number of nitrogens with zero attached hydrogens (tertiary/aromatic N) is 4. The predicted octanol–water partition coefficient (Wildman–Crippen LogP) is 4.75. The number of carbonyl (C=O) groups is 1. The van der Waals surface area contributed by atoms with Gasteiger partial charge in [-0.05, 0) is 56.3 Å². The number of aromatic nitrogens is 2. The smallest absolute Gasteiger partial charge is 0.259 e. The molecule has 8 nitrogen and oxygen atoms in total. The highest BCUT2D eigenvalue weighted by Crippen LogP contribution is 2.30. The predicted molar refractivity (Wildman–Crippen MR) is 114 cm³/mol. The molecule has 0 bridgehead atoms. The van der Waals surface area contributed by atoms with Crippen molar-refractivity contribution in [3.8, 4) is 23.3 Å². The van der Waals surface area contributed by atoms with Crippen LogP contribution in [0.3, 0.4) is 0 Å². The van der Waals surface area contributed by atoms with E-state index in [1.54, 1.807) is 54.3 Å². The molecule has 1 aromatic carbocycles. The number of carbonyl (C=O) groups excluding carboxylic acids is 1. The summed E-state index contributed by atoms with van der Waals surface area (Å²) < 4.78 is 16.3. The Kier molecular flexibility index (Phi) is 5.67. The highest BCUT2D eigenvalue weighted by atomic mass is 16.5. The van der Waals surface area contributed by atoms with E-state index in [2.05, 4.69) is 16.2 Å². The molecule has 0 saturated carbocycles. The minimum absolute atomic E-state index is 0.181. The number of nitriles is 1. The average molecular weight is 416 g/mol. The third-order valence-corrected chi connectivity index (χ3v) is 4.77. The molecule has 4 rings (SSSR count). The van der Waals surface area contributed by atoms with Crippen LogP contribution in [0.25, 0.3) is 22.6 Å². The van der Waals surface area contributed by atoms with Crippen LogP contribution in [-0.4, -0.2) is 29.2 Å². The Bertz CT molecular complexity index is 1240. The zero-order valence-electron chi connectivity index (χ0n) is 17.2. The van der Waals surface area contributed by atoms with Crippen molar-refractivity contribution in [2.24, 2.45) is 0 Å². The molecule has 156 valence electrons. The van der Waals surface area contributed by atoms with Crippen molar-refractivity contribution < 1.29 is 18.5 Å². The van der Waals surface area contributed by atoms with Gasteiger partial charge in [0.05, 0.1) is 42.0 Å². The molecule has 0 aliphatic rings. The summed E-state index contributed by atoms with van der Waals surface area (Å²) in [6.45, 7) is 4.44. The van der Waals surface area contributed by atoms with Crippen molar-refractivity contribution >= 4 is 22.7 Å². The Balaban J connectivity index is 1.80. The topological polar surface area (TPSA) is 105 Å². The quantitative estimate of drug-likeness (QED) is 0.428. The summed E-state index contributed by atoms with van der Waals surface area (Å²) >= 11 is 0. The van der Waals surface area contributed by atoms with Gasteiger partial charge < -0.3 is 18.6 Å². The largest absolute Gasteiger partial charge is 0.494 e. The molecule has 0 spiro atoms. The zero-order valence-corrected chi connectivity index (χ0v) is 17.2. The normalized spacial score (nSPS) is 10.7. The Hall–Kier alpha value is -4.12. The van der Waals surface area contributed by atoms with Gasteiger partial charge in [0.25, 0.3) is 11.6 Å². The second kappa shape index (κ2) is 8.71. The number of ether oxygens (including phenoxy) is 1. The van der Waals surface area contributed by atoms with Gasteiger partial charge in [0, 0.05) is 12.2 Å². The number of furan rings is 1. The van der Waals surface area contributed by atoms with Crippen molar-refractivity contribution in [1.82, 2.24) is 10.1 Å². The van der Waals surface area contributed by atoms with E-state index < -0.39 is 0 Å². The second-order valence-electron chi connectivity index (χ2n) is 6.77. The summed E-state index contributed by atoms with van der Waals surface area (Å²) in [5, 5.41) is 13.6. The number of pyridine rings is 1. The molecule has 0 aliphatic heterocycles. The number of fused-ring (bicyclic) bond motifs is 1. The maximum absolute atomic E-state index is 13.7. The van der Waals surface area contributed by atoms with E-state index in [4.69, 9.17) is 18.9 Å². The summed E-state index contributed by atoms with van der Waals surface area (Å²) in [4.78, 5) is 19.7. The van der Waals surface area contributed by atoms with Crippen LogP contribution in [-0.2, 0) is 0 Å². The number of rotatable bonds is 7. The SMILES string of the molecule is CCOc1ccc(N(CCC#N)C(=O)c2cc(-c3ccco3)nc3onc(C)c23)cc1.